The first-order valence-electron chi connectivity index (χ1n) is 7.71. The van der Waals surface area contributed by atoms with Crippen molar-refractivity contribution in [2.75, 3.05) is 6.54 Å². The predicted octanol–water partition coefficient (Wildman–Crippen LogP) is 2.39. The topological polar surface area (TPSA) is 68.5 Å². The fourth-order valence-corrected chi connectivity index (χ4v) is 3.14. The minimum atomic E-state index is 0.222. The number of rotatable bonds is 9. The van der Waals surface area contributed by atoms with Gasteiger partial charge in [-0.15, -0.1) is 5.10 Å². The van der Waals surface area contributed by atoms with Gasteiger partial charge in [-0.2, -0.15) is 5.10 Å². The molecule has 6 nitrogen and oxygen atoms in total. The number of aryl methyl sites for hydroxylation is 2. The molecule has 0 aliphatic heterocycles. The van der Waals surface area contributed by atoms with Gasteiger partial charge < -0.3 is 5.32 Å². The number of nitrogens with one attached hydrogen (secondary N) is 1. The van der Waals surface area contributed by atoms with E-state index < -0.39 is 0 Å². The molecular weight excluding hydrogens is 284 g/mol. The van der Waals surface area contributed by atoms with Crippen molar-refractivity contribution in [1.29, 1.82) is 0 Å². The molecule has 1 atom stereocenters. The Morgan fingerprint density at radius 1 is 1.29 bits per heavy atom. The Hall–Kier alpha value is -1.34. The first-order chi connectivity index (χ1) is 10.3. The van der Waals surface area contributed by atoms with Crippen LogP contribution in [0.15, 0.2) is 6.33 Å². The maximum absolute atomic E-state index is 4.42. The highest BCUT2D eigenvalue weighted by Gasteiger charge is 2.20. The summed E-state index contributed by atoms with van der Waals surface area (Å²) in [5.41, 5.74) is 1.09. The maximum atomic E-state index is 4.42. The lowest BCUT2D eigenvalue weighted by atomic mass is 10.1. The highest BCUT2D eigenvalue weighted by atomic mass is 32.1. The Kier molecular flexibility index (Phi) is 6.25. The standard InChI is InChI=1S/C14H24N6S/c1-4-7-15-12(14-11(6-3)18-19-21-14)9-13-16-10-17-20(13)8-5-2/h10,12,15H,4-9H2,1-3H3. The molecule has 0 radical (unpaired) electrons. The molecular formula is C14H24N6S. The number of hydrogen-bond donors (Lipinski definition) is 1. The Bertz CT molecular complexity index is 535. The van der Waals surface area contributed by atoms with Crippen molar-refractivity contribution in [2.45, 2.75) is 59.0 Å². The summed E-state index contributed by atoms with van der Waals surface area (Å²) >= 11 is 1.49. The van der Waals surface area contributed by atoms with Crippen molar-refractivity contribution in [3.8, 4) is 0 Å². The van der Waals surface area contributed by atoms with E-state index in [4.69, 9.17) is 0 Å². The lowest BCUT2D eigenvalue weighted by Crippen LogP contribution is -2.25. The van der Waals surface area contributed by atoms with Crippen molar-refractivity contribution < 1.29 is 0 Å². The van der Waals surface area contributed by atoms with Crippen LogP contribution in [-0.4, -0.2) is 30.9 Å². The van der Waals surface area contributed by atoms with E-state index in [9.17, 15) is 0 Å². The van der Waals surface area contributed by atoms with Gasteiger partial charge in [0.1, 0.15) is 12.2 Å². The van der Waals surface area contributed by atoms with Gasteiger partial charge in [-0.1, -0.05) is 25.3 Å². The van der Waals surface area contributed by atoms with Gasteiger partial charge in [0.15, 0.2) is 0 Å². The molecule has 0 aliphatic carbocycles. The van der Waals surface area contributed by atoms with E-state index >= 15 is 0 Å². The number of nitrogens with zero attached hydrogens (tertiary/aromatic N) is 5. The van der Waals surface area contributed by atoms with Crippen LogP contribution in [0.1, 0.15) is 56.1 Å². The van der Waals surface area contributed by atoms with Gasteiger partial charge in [-0.3, -0.25) is 4.68 Å². The van der Waals surface area contributed by atoms with Gasteiger partial charge in [0.25, 0.3) is 0 Å². The molecule has 0 saturated carbocycles. The summed E-state index contributed by atoms with van der Waals surface area (Å²) in [6.07, 6.45) is 5.56. The number of aromatic nitrogens is 5. The molecule has 0 saturated heterocycles. The molecule has 2 aromatic heterocycles. The van der Waals surface area contributed by atoms with Gasteiger partial charge in [0.05, 0.1) is 16.6 Å². The average molecular weight is 308 g/mol. The molecule has 0 fully saturated rings. The maximum Gasteiger partial charge on any atom is 0.138 e. The van der Waals surface area contributed by atoms with Gasteiger partial charge in [-0.25, -0.2) is 4.98 Å². The molecule has 2 rings (SSSR count). The van der Waals surface area contributed by atoms with Crippen LogP contribution in [0.2, 0.25) is 0 Å². The summed E-state index contributed by atoms with van der Waals surface area (Å²) in [5, 5.41) is 12.2. The van der Waals surface area contributed by atoms with Crippen LogP contribution in [0.25, 0.3) is 0 Å². The summed E-state index contributed by atoms with van der Waals surface area (Å²) in [6, 6.07) is 0.222. The van der Waals surface area contributed by atoms with Crippen molar-refractivity contribution in [3.05, 3.63) is 22.7 Å². The van der Waals surface area contributed by atoms with Crippen LogP contribution in [0.3, 0.4) is 0 Å². The summed E-state index contributed by atoms with van der Waals surface area (Å²) in [5.74, 6) is 1.03. The minimum absolute atomic E-state index is 0.222. The van der Waals surface area contributed by atoms with Crippen LogP contribution in [0.4, 0.5) is 0 Å². The van der Waals surface area contributed by atoms with Gasteiger partial charge in [0.2, 0.25) is 0 Å². The van der Waals surface area contributed by atoms with Crippen LogP contribution in [-0.2, 0) is 19.4 Å². The fraction of sp³-hybridized carbons (Fsp3) is 0.714. The van der Waals surface area contributed by atoms with E-state index in [0.29, 0.717) is 0 Å². The first-order valence-corrected chi connectivity index (χ1v) is 8.48. The number of hydrogen-bond acceptors (Lipinski definition) is 6. The third-order valence-corrected chi connectivity index (χ3v) is 4.28. The summed E-state index contributed by atoms with van der Waals surface area (Å²) in [7, 11) is 0. The zero-order chi connectivity index (χ0) is 15.1. The molecule has 0 spiro atoms. The van der Waals surface area contributed by atoms with Crippen LogP contribution < -0.4 is 5.32 Å². The Labute approximate surface area is 130 Å². The molecule has 0 aromatic carbocycles. The summed E-state index contributed by atoms with van der Waals surface area (Å²) in [4.78, 5) is 5.66. The van der Waals surface area contributed by atoms with Gasteiger partial charge in [0, 0.05) is 13.0 Å². The molecule has 1 N–H and O–H groups in total. The summed E-state index contributed by atoms with van der Waals surface area (Å²) in [6.45, 7) is 8.34. The first kappa shape index (κ1) is 16.0. The highest BCUT2D eigenvalue weighted by Crippen LogP contribution is 2.24. The van der Waals surface area contributed by atoms with Gasteiger partial charge in [-0.05, 0) is 37.3 Å². The normalized spacial score (nSPS) is 12.7. The second-order valence-corrected chi connectivity index (χ2v) is 5.83. The van der Waals surface area contributed by atoms with Crippen molar-refractivity contribution in [2.24, 2.45) is 0 Å². The van der Waals surface area contributed by atoms with E-state index in [-0.39, 0.29) is 6.04 Å². The highest BCUT2D eigenvalue weighted by molar-refractivity contribution is 7.05. The molecule has 0 bridgehead atoms. The third kappa shape index (κ3) is 4.07. The molecule has 7 heteroatoms. The van der Waals surface area contributed by atoms with Crippen LogP contribution in [0.5, 0.6) is 0 Å². The quantitative estimate of drug-likeness (QED) is 0.770. The van der Waals surface area contributed by atoms with E-state index in [1.54, 1.807) is 6.33 Å². The van der Waals surface area contributed by atoms with E-state index in [1.165, 1.54) is 16.4 Å². The van der Waals surface area contributed by atoms with Crippen LogP contribution >= 0.6 is 11.5 Å². The van der Waals surface area contributed by atoms with E-state index in [2.05, 4.69) is 45.8 Å². The zero-order valence-electron chi connectivity index (χ0n) is 13.0. The molecule has 0 aliphatic rings. The zero-order valence-corrected chi connectivity index (χ0v) is 13.9. The van der Waals surface area contributed by atoms with Gasteiger partial charge >= 0.3 is 0 Å². The van der Waals surface area contributed by atoms with E-state index in [0.717, 1.165) is 50.3 Å². The predicted molar refractivity (Wildman–Crippen MR) is 84.3 cm³/mol. The molecule has 0 amide bonds. The Morgan fingerprint density at radius 3 is 2.86 bits per heavy atom. The largest absolute Gasteiger partial charge is 0.309 e. The minimum Gasteiger partial charge on any atom is -0.309 e. The lowest BCUT2D eigenvalue weighted by Gasteiger charge is -2.17. The lowest BCUT2D eigenvalue weighted by molar-refractivity contribution is 0.490. The fourth-order valence-electron chi connectivity index (χ4n) is 2.33. The van der Waals surface area contributed by atoms with Crippen molar-refractivity contribution in [3.63, 3.8) is 0 Å². The Balaban J connectivity index is 2.18. The SMILES string of the molecule is CCCNC(Cc1ncnn1CCC)c1snnc1CC. The molecule has 2 heterocycles. The van der Waals surface area contributed by atoms with Crippen molar-refractivity contribution in [1.82, 2.24) is 29.7 Å². The second kappa shape index (κ2) is 8.19. The third-order valence-electron chi connectivity index (χ3n) is 3.40. The second-order valence-electron chi connectivity index (χ2n) is 5.05. The van der Waals surface area contributed by atoms with Crippen LogP contribution in [0, 0.1) is 0 Å². The molecule has 1 unspecified atom stereocenters. The van der Waals surface area contributed by atoms with Crippen molar-refractivity contribution >= 4 is 11.5 Å². The molecule has 21 heavy (non-hydrogen) atoms. The molecule has 116 valence electrons. The average Bonchev–Trinajstić information content (AvgIpc) is 3.13. The smallest absolute Gasteiger partial charge is 0.138 e. The Morgan fingerprint density at radius 2 is 2.14 bits per heavy atom. The van der Waals surface area contributed by atoms with E-state index in [1.807, 2.05) is 4.68 Å². The summed E-state index contributed by atoms with van der Waals surface area (Å²) < 4.78 is 6.12. The monoisotopic (exact) mass is 308 g/mol. The molecule has 2 aromatic rings.